The zero-order valence-corrected chi connectivity index (χ0v) is 15.1. The third kappa shape index (κ3) is 4.34. The van der Waals surface area contributed by atoms with Crippen molar-refractivity contribution < 1.29 is 4.79 Å². The van der Waals surface area contributed by atoms with Gasteiger partial charge in [-0.25, -0.2) is 0 Å². The van der Waals surface area contributed by atoms with Gasteiger partial charge in [0.1, 0.15) is 0 Å². The van der Waals surface area contributed by atoms with Crippen LogP contribution in [-0.4, -0.2) is 31.0 Å². The molecule has 0 saturated carbocycles. The Morgan fingerprint density at radius 3 is 2.58 bits per heavy atom. The predicted molar refractivity (Wildman–Crippen MR) is 101 cm³/mol. The number of nitrogens with zero attached hydrogens (tertiary/aromatic N) is 3. The van der Waals surface area contributed by atoms with Crippen molar-refractivity contribution in [2.24, 2.45) is 0 Å². The summed E-state index contributed by atoms with van der Waals surface area (Å²) in [4.78, 5) is 21.2. The Labute approximate surface area is 145 Å². The molecule has 24 heavy (non-hydrogen) atoms. The lowest BCUT2D eigenvalue weighted by Gasteiger charge is -2.23. The van der Waals surface area contributed by atoms with Crippen LogP contribution >= 0.6 is 0 Å². The van der Waals surface area contributed by atoms with Gasteiger partial charge in [-0.15, -0.1) is 0 Å². The summed E-state index contributed by atoms with van der Waals surface area (Å²) in [6, 6.07) is 9.95. The maximum atomic E-state index is 12.9. The molecule has 1 aromatic heterocycles. The van der Waals surface area contributed by atoms with Crippen molar-refractivity contribution in [2.75, 3.05) is 29.9 Å². The minimum Gasteiger partial charge on any atom is -0.373 e. The highest BCUT2D eigenvalue weighted by Gasteiger charge is 2.17. The Balaban J connectivity index is 2.24. The number of amides is 1. The van der Waals surface area contributed by atoms with Crippen LogP contribution < -0.4 is 9.80 Å². The van der Waals surface area contributed by atoms with E-state index < -0.39 is 0 Å². The normalized spacial score (nSPS) is 10.5. The molecule has 1 aromatic carbocycles. The third-order valence-electron chi connectivity index (χ3n) is 4.13. The number of hydrogen-bond donors (Lipinski definition) is 0. The van der Waals surface area contributed by atoms with Gasteiger partial charge in [0.2, 0.25) is 0 Å². The molecule has 0 aliphatic heterocycles. The second-order valence-corrected chi connectivity index (χ2v) is 6.10. The highest BCUT2D eigenvalue weighted by Crippen LogP contribution is 2.20. The number of pyridine rings is 1. The van der Waals surface area contributed by atoms with Crippen molar-refractivity contribution in [1.82, 2.24) is 4.98 Å². The molecule has 4 heteroatoms. The van der Waals surface area contributed by atoms with E-state index in [0.29, 0.717) is 12.1 Å². The van der Waals surface area contributed by atoms with E-state index in [1.807, 2.05) is 57.4 Å². The fourth-order valence-corrected chi connectivity index (χ4v) is 2.67. The van der Waals surface area contributed by atoms with Crippen molar-refractivity contribution in [1.29, 1.82) is 0 Å². The lowest BCUT2D eigenvalue weighted by atomic mass is 10.1. The molecule has 0 N–H and O–H groups in total. The molecule has 0 unspecified atom stereocenters. The van der Waals surface area contributed by atoms with E-state index in [1.54, 1.807) is 11.1 Å². The molecular formula is C20H27N3O. The first kappa shape index (κ1) is 18.0. The maximum Gasteiger partial charge on any atom is 0.259 e. The van der Waals surface area contributed by atoms with Gasteiger partial charge in [0.15, 0.2) is 0 Å². The highest BCUT2D eigenvalue weighted by molar-refractivity contribution is 6.06. The van der Waals surface area contributed by atoms with Gasteiger partial charge in [-0.1, -0.05) is 25.5 Å². The van der Waals surface area contributed by atoms with Crippen LogP contribution in [0.1, 0.15) is 42.6 Å². The molecule has 0 bridgehead atoms. The van der Waals surface area contributed by atoms with Gasteiger partial charge in [0.05, 0.1) is 17.4 Å². The molecule has 1 heterocycles. The minimum atomic E-state index is -0.0126. The summed E-state index contributed by atoms with van der Waals surface area (Å²) >= 11 is 0. The van der Waals surface area contributed by atoms with Gasteiger partial charge < -0.3 is 9.80 Å². The second kappa shape index (κ2) is 8.48. The Morgan fingerprint density at radius 1 is 1.12 bits per heavy atom. The van der Waals surface area contributed by atoms with Crippen LogP contribution in [0.5, 0.6) is 0 Å². The number of carbonyl (C=O) groups excluding carboxylic acids is 1. The van der Waals surface area contributed by atoms with E-state index in [-0.39, 0.29) is 5.91 Å². The first-order chi connectivity index (χ1) is 11.6. The van der Waals surface area contributed by atoms with Crippen molar-refractivity contribution >= 4 is 17.3 Å². The number of aromatic nitrogens is 1. The molecule has 128 valence electrons. The van der Waals surface area contributed by atoms with Crippen LogP contribution in [0.2, 0.25) is 0 Å². The molecule has 2 rings (SSSR count). The fraction of sp³-hybridized carbons (Fsp3) is 0.400. The smallest absolute Gasteiger partial charge is 0.259 e. The molecular weight excluding hydrogens is 298 g/mol. The van der Waals surface area contributed by atoms with Crippen molar-refractivity contribution in [3.63, 3.8) is 0 Å². The molecule has 0 atom stereocenters. The zero-order chi connectivity index (χ0) is 17.5. The van der Waals surface area contributed by atoms with Crippen molar-refractivity contribution in [2.45, 2.75) is 33.6 Å². The number of unbranched alkanes of at least 4 members (excludes halogenated alkanes) is 1. The Hall–Kier alpha value is -2.36. The van der Waals surface area contributed by atoms with E-state index >= 15 is 0 Å². The van der Waals surface area contributed by atoms with Gasteiger partial charge in [-0.3, -0.25) is 9.78 Å². The highest BCUT2D eigenvalue weighted by atomic mass is 16.2. The first-order valence-corrected chi connectivity index (χ1v) is 8.61. The van der Waals surface area contributed by atoms with Gasteiger partial charge in [-0.2, -0.15) is 0 Å². The molecule has 0 aliphatic rings. The van der Waals surface area contributed by atoms with Gasteiger partial charge in [-0.05, 0) is 44.0 Å². The second-order valence-electron chi connectivity index (χ2n) is 6.10. The van der Waals surface area contributed by atoms with Crippen LogP contribution in [0.4, 0.5) is 11.4 Å². The van der Waals surface area contributed by atoms with E-state index in [2.05, 4.69) is 16.8 Å². The zero-order valence-electron chi connectivity index (χ0n) is 15.1. The molecule has 1 amide bonds. The van der Waals surface area contributed by atoms with Crippen LogP contribution in [0.15, 0.2) is 42.7 Å². The van der Waals surface area contributed by atoms with Crippen molar-refractivity contribution in [3.8, 4) is 0 Å². The summed E-state index contributed by atoms with van der Waals surface area (Å²) in [7, 11) is 2.04. The van der Waals surface area contributed by atoms with Gasteiger partial charge >= 0.3 is 0 Å². The van der Waals surface area contributed by atoms with Crippen LogP contribution in [-0.2, 0) is 0 Å². The van der Waals surface area contributed by atoms with E-state index in [4.69, 9.17) is 0 Å². The Bertz CT molecular complexity index is 684. The molecule has 0 spiro atoms. The van der Waals surface area contributed by atoms with E-state index in [1.165, 1.54) is 0 Å². The number of aryl methyl sites for hydroxylation is 1. The van der Waals surface area contributed by atoms with Crippen LogP contribution in [0, 0.1) is 6.92 Å². The minimum absolute atomic E-state index is 0.0126. The Morgan fingerprint density at radius 2 is 1.92 bits per heavy atom. The summed E-state index contributed by atoms with van der Waals surface area (Å²) in [6.45, 7) is 7.79. The lowest BCUT2D eigenvalue weighted by Crippen LogP contribution is -2.31. The van der Waals surface area contributed by atoms with E-state index in [0.717, 1.165) is 36.3 Å². The lowest BCUT2D eigenvalue weighted by molar-refractivity contribution is 0.0988. The first-order valence-electron chi connectivity index (χ1n) is 8.61. The summed E-state index contributed by atoms with van der Waals surface area (Å²) in [5.74, 6) is -0.0126. The molecule has 4 nitrogen and oxygen atoms in total. The average Bonchev–Trinajstić information content (AvgIpc) is 2.60. The average molecular weight is 325 g/mol. The summed E-state index contributed by atoms with van der Waals surface area (Å²) in [5.41, 5.74) is 3.67. The number of hydrogen-bond acceptors (Lipinski definition) is 3. The van der Waals surface area contributed by atoms with Gasteiger partial charge in [0, 0.05) is 32.0 Å². The topological polar surface area (TPSA) is 36.4 Å². The summed E-state index contributed by atoms with van der Waals surface area (Å²) in [6.07, 6.45) is 5.74. The standard InChI is InChI=1S/C20H27N3O/c1-5-7-11-22(4)19-13-17(14-21-15-19)20(24)23(6-2)18-10-8-9-16(3)12-18/h8-10,12-15H,5-7,11H2,1-4H3. The van der Waals surface area contributed by atoms with Crippen LogP contribution in [0.25, 0.3) is 0 Å². The number of carbonyl (C=O) groups is 1. The van der Waals surface area contributed by atoms with Crippen molar-refractivity contribution in [3.05, 3.63) is 53.9 Å². The molecule has 0 fully saturated rings. The molecule has 2 aromatic rings. The SMILES string of the molecule is CCCCN(C)c1cncc(C(=O)N(CC)c2cccc(C)c2)c1. The molecule has 0 aliphatic carbocycles. The fourth-order valence-electron chi connectivity index (χ4n) is 2.67. The summed E-state index contributed by atoms with van der Waals surface area (Å²) in [5, 5.41) is 0. The third-order valence-corrected chi connectivity index (χ3v) is 4.13. The van der Waals surface area contributed by atoms with E-state index in [9.17, 15) is 4.79 Å². The van der Waals surface area contributed by atoms with Crippen LogP contribution in [0.3, 0.4) is 0 Å². The summed E-state index contributed by atoms with van der Waals surface area (Å²) < 4.78 is 0. The number of benzene rings is 1. The molecule has 0 radical (unpaired) electrons. The Kier molecular flexibility index (Phi) is 6.36. The van der Waals surface area contributed by atoms with Gasteiger partial charge in [0.25, 0.3) is 5.91 Å². The monoisotopic (exact) mass is 325 g/mol. The molecule has 0 saturated heterocycles. The quantitative estimate of drug-likeness (QED) is 0.762. The largest absolute Gasteiger partial charge is 0.373 e. The maximum absolute atomic E-state index is 12.9. The number of anilines is 2. The predicted octanol–water partition coefficient (Wildman–Crippen LogP) is 4.29. The number of rotatable bonds is 7.